The molecule has 1 aromatic carbocycles. The van der Waals surface area contributed by atoms with Crippen LogP contribution in [-0.4, -0.2) is 60.3 Å². The summed E-state index contributed by atoms with van der Waals surface area (Å²) < 4.78 is 25.0. The number of hydrogen-bond donors (Lipinski definition) is 1. The highest BCUT2D eigenvalue weighted by molar-refractivity contribution is 7.18. The number of thiazole rings is 1. The number of rotatable bonds is 18. The molecule has 8 rings (SSSR count). The Bertz CT molecular complexity index is 2170. The summed E-state index contributed by atoms with van der Waals surface area (Å²) in [5.74, 6) is 5.31. The summed E-state index contributed by atoms with van der Waals surface area (Å²) in [7, 11) is 1.57. The Hall–Kier alpha value is -3.83. The van der Waals surface area contributed by atoms with Gasteiger partial charge in [0.1, 0.15) is 29.9 Å². The van der Waals surface area contributed by atoms with Crippen molar-refractivity contribution in [2.24, 2.45) is 52.3 Å². The average Bonchev–Trinajstić information content (AvgIpc) is 3.87. The lowest BCUT2D eigenvalue weighted by Gasteiger charge is -2.58. The van der Waals surface area contributed by atoms with Gasteiger partial charge in [0.15, 0.2) is 0 Å². The fourth-order valence-electron chi connectivity index (χ4n) is 13.4. The van der Waals surface area contributed by atoms with Crippen LogP contribution in [0.2, 0.25) is 0 Å². The molecular formula is C54H75N3O7S. The van der Waals surface area contributed by atoms with Crippen molar-refractivity contribution in [1.29, 1.82) is 0 Å². The van der Waals surface area contributed by atoms with E-state index in [0.29, 0.717) is 29.9 Å². The Kier molecular flexibility index (Phi) is 15.4. The summed E-state index contributed by atoms with van der Waals surface area (Å²) in [5, 5.41) is 3.57. The van der Waals surface area contributed by atoms with Crippen molar-refractivity contribution in [2.75, 3.05) is 20.3 Å². The van der Waals surface area contributed by atoms with Gasteiger partial charge >= 0.3 is 11.9 Å². The molecule has 0 saturated heterocycles. The van der Waals surface area contributed by atoms with Crippen LogP contribution in [0.3, 0.4) is 0 Å². The first kappa shape index (κ1) is 47.7. The number of hydrogen-bond acceptors (Lipinski definition) is 10. The van der Waals surface area contributed by atoms with E-state index >= 15 is 0 Å². The third kappa shape index (κ3) is 11.0. The minimum absolute atomic E-state index is 0.000156. The second-order valence-electron chi connectivity index (χ2n) is 21.3. The first-order valence-corrected chi connectivity index (χ1v) is 26.1. The lowest BCUT2D eigenvalue weighted by atomic mass is 9.47. The number of fused-ring (bicyclic) bond motifs is 6. The quantitative estimate of drug-likeness (QED) is 0.0754. The Morgan fingerprint density at radius 3 is 2.54 bits per heavy atom. The monoisotopic (exact) mass is 910 g/mol. The van der Waals surface area contributed by atoms with E-state index in [-0.39, 0.29) is 66.5 Å². The summed E-state index contributed by atoms with van der Waals surface area (Å²) in [6, 6.07) is 9.09. The van der Waals surface area contributed by atoms with Gasteiger partial charge in [-0.3, -0.25) is 19.4 Å². The average molecular weight is 910 g/mol. The van der Waals surface area contributed by atoms with E-state index in [1.54, 1.807) is 42.3 Å². The zero-order valence-electron chi connectivity index (χ0n) is 40.0. The Morgan fingerprint density at radius 2 is 1.71 bits per heavy atom. The third-order valence-corrected chi connectivity index (χ3v) is 17.9. The molecule has 11 heteroatoms. The van der Waals surface area contributed by atoms with Crippen LogP contribution in [-0.2, 0) is 30.2 Å². The standard InChI is InChI=1S/C54H75N3O7S/c1-34(2)10-9-11-35(3)42-17-18-43-41-16-14-37-31-38(22-25-53(37,4)44(41)23-26-54(42,43)5)61-28-29-62-50(58)20-21-51(59)64-47-13-8-7-12-36(47)30-49-57-45-19-15-39(33-48(45)65-49)63-40-24-27-56-46(32-40)52(60)55-6/h14-15,19,24,27,32-36,38,41-44,47H,7-13,16-18,20-23,25-26,28-31H2,1-6H3,(H,55,60)/t35-,36-,38+,41?,42-,43?,44?,47+,53+,54-/m1/s1. The number of ether oxygens (including phenoxy) is 4. The fourth-order valence-corrected chi connectivity index (χ4v) is 14.5. The summed E-state index contributed by atoms with van der Waals surface area (Å²) in [4.78, 5) is 46.8. The van der Waals surface area contributed by atoms with Crippen LogP contribution in [0.15, 0.2) is 48.2 Å². The van der Waals surface area contributed by atoms with Gasteiger partial charge in [0.25, 0.3) is 5.91 Å². The maximum absolute atomic E-state index is 13.0. The smallest absolute Gasteiger partial charge is 0.306 e. The first-order valence-electron chi connectivity index (χ1n) is 25.2. The number of benzene rings is 1. The van der Waals surface area contributed by atoms with Gasteiger partial charge in [-0.05, 0) is 135 Å². The molecule has 5 aliphatic rings. The normalized spacial score (nSPS) is 30.1. The molecule has 2 aromatic heterocycles. The van der Waals surface area contributed by atoms with Gasteiger partial charge in [-0.1, -0.05) is 72.0 Å². The van der Waals surface area contributed by atoms with Crippen molar-refractivity contribution >= 4 is 39.4 Å². The highest BCUT2D eigenvalue weighted by atomic mass is 32.1. The van der Waals surface area contributed by atoms with Crippen molar-refractivity contribution in [3.63, 3.8) is 0 Å². The second-order valence-corrected chi connectivity index (χ2v) is 22.4. The van der Waals surface area contributed by atoms with Crippen LogP contribution in [0.5, 0.6) is 11.5 Å². The predicted molar refractivity (Wildman–Crippen MR) is 256 cm³/mol. The number of nitrogens with zero attached hydrogens (tertiary/aromatic N) is 2. The summed E-state index contributed by atoms with van der Waals surface area (Å²) in [6.45, 7) is 13.1. The highest BCUT2D eigenvalue weighted by Crippen LogP contribution is 2.67. The molecule has 3 unspecified atom stereocenters. The number of amides is 1. The Balaban J connectivity index is 0.746. The fraction of sp³-hybridized carbons (Fsp3) is 0.685. The molecule has 4 saturated carbocycles. The van der Waals surface area contributed by atoms with Gasteiger partial charge in [-0.25, -0.2) is 4.98 Å². The van der Waals surface area contributed by atoms with Crippen LogP contribution < -0.4 is 10.1 Å². The highest BCUT2D eigenvalue weighted by Gasteiger charge is 2.59. The molecule has 10 atom stereocenters. The van der Waals surface area contributed by atoms with Gasteiger partial charge in [-0.15, -0.1) is 11.3 Å². The molecule has 2 heterocycles. The first-order chi connectivity index (χ1) is 31.3. The zero-order chi connectivity index (χ0) is 45.7. The van der Waals surface area contributed by atoms with Crippen LogP contribution in [0.4, 0.5) is 0 Å². The van der Waals surface area contributed by atoms with Crippen molar-refractivity contribution in [3.8, 4) is 11.5 Å². The molecule has 0 bridgehead atoms. The maximum atomic E-state index is 13.0. The number of carbonyl (C=O) groups is 3. The summed E-state index contributed by atoms with van der Waals surface area (Å²) in [6.07, 6.45) is 22.9. The van der Waals surface area contributed by atoms with Gasteiger partial charge in [0.2, 0.25) is 0 Å². The largest absolute Gasteiger partial charge is 0.463 e. The van der Waals surface area contributed by atoms with E-state index in [2.05, 4.69) is 51.0 Å². The zero-order valence-corrected chi connectivity index (χ0v) is 40.9. The molecule has 5 aliphatic carbocycles. The molecule has 354 valence electrons. The van der Waals surface area contributed by atoms with Crippen molar-refractivity contribution in [1.82, 2.24) is 15.3 Å². The Morgan fingerprint density at radius 1 is 0.892 bits per heavy atom. The number of carbonyl (C=O) groups excluding carboxylic acids is 3. The molecular weight excluding hydrogens is 835 g/mol. The van der Waals surface area contributed by atoms with Crippen molar-refractivity contribution < 1.29 is 33.3 Å². The SMILES string of the molecule is CNC(=O)c1cc(Oc2ccc3nc(C[C@H]4CCCC[C@@H]4OC(=O)CCC(=O)OCCO[C@H]4CC[C@@]5(C)C(=CCC6C5CC[C@@]5(C)C6CC[C@@H]5[C@H](C)CCCC(C)C)C4)sc3c2)ccn1. The predicted octanol–water partition coefficient (Wildman–Crippen LogP) is 12.2. The number of nitrogens with one attached hydrogen (secondary N) is 1. The van der Waals surface area contributed by atoms with E-state index < -0.39 is 0 Å². The topological polar surface area (TPSA) is 126 Å². The van der Waals surface area contributed by atoms with Gasteiger partial charge in [0, 0.05) is 37.7 Å². The molecule has 0 aliphatic heterocycles. The lowest BCUT2D eigenvalue weighted by molar-refractivity contribution is -0.157. The van der Waals surface area contributed by atoms with Crippen LogP contribution in [0, 0.1) is 52.3 Å². The maximum Gasteiger partial charge on any atom is 0.306 e. The van der Waals surface area contributed by atoms with Gasteiger partial charge in [-0.2, -0.15) is 0 Å². The van der Waals surface area contributed by atoms with E-state index in [0.717, 1.165) is 89.3 Å². The third-order valence-electron chi connectivity index (χ3n) is 16.9. The van der Waals surface area contributed by atoms with Gasteiger partial charge in [0.05, 0.1) is 40.8 Å². The van der Waals surface area contributed by atoms with Crippen LogP contribution >= 0.6 is 11.3 Å². The molecule has 1 amide bonds. The van der Waals surface area contributed by atoms with E-state index in [1.165, 1.54) is 57.8 Å². The molecule has 65 heavy (non-hydrogen) atoms. The van der Waals surface area contributed by atoms with E-state index in [4.69, 9.17) is 23.9 Å². The molecule has 0 spiro atoms. The minimum atomic E-state index is -0.389. The molecule has 1 N–H and O–H groups in total. The number of pyridine rings is 1. The molecule has 4 fully saturated rings. The summed E-state index contributed by atoms with van der Waals surface area (Å²) >= 11 is 1.61. The number of esters is 2. The van der Waals surface area contributed by atoms with Gasteiger partial charge < -0.3 is 24.3 Å². The van der Waals surface area contributed by atoms with Crippen molar-refractivity contribution in [3.05, 3.63) is 58.9 Å². The second kappa shape index (κ2) is 21.0. The molecule has 0 radical (unpaired) electrons. The summed E-state index contributed by atoms with van der Waals surface area (Å²) in [5.41, 5.74) is 3.57. The van der Waals surface area contributed by atoms with E-state index in [1.807, 2.05) is 18.2 Å². The molecule has 10 nitrogen and oxygen atoms in total. The van der Waals surface area contributed by atoms with Crippen LogP contribution in [0.1, 0.15) is 159 Å². The minimum Gasteiger partial charge on any atom is -0.463 e. The number of allylic oxidation sites excluding steroid dienone is 1. The van der Waals surface area contributed by atoms with Crippen LogP contribution in [0.25, 0.3) is 10.2 Å². The number of aromatic nitrogens is 2. The Labute approximate surface area is 391 Å². The lowest BCUT2D eigenvalue weighted by Crippen LogP contribution is -2.51. The molecule has 3 aromatic rings. The van der Waals surface area contributed by atoms with Crippen molar-refractivity contribution in [2.45, 2.75) is 162 Å². The van der Waals surface area contributed by atoms with E-state index in [9.17, 15) is 14.4 Å².